The van der Waals surface area contributed by atoms with E-state index in [-0.39, 0.29) is 23.9 Å². The Bertz CT molecular complexity index is 1090. The van der Waals surface area contributed by atoms with Gasteiger partial charge in [-0.25, -0.2) is 4.98 Å². The second-order valence-corrected chi connectivity index (χ2v) is 8.84. The number of anilines is 2. The van der Waals surface area contributed by atoms with E-state index in [1.165, 1.54) is 35.6 Å². The van der Waals surface area contributed by atoms with Crippen LogP contribution in [-0.2, 0) is 4.74 Å². The molecule has 0 spiro atoms. The standard InChI is InChI=1S/C23H22F3N3O3S/c1-14-12-29(13-15(2)31-14)21-10-5-17(11-27-21)28-22(30)20-9-8-19(33-20)16-3-6-18(7-4-16)32-23(24,25)26/h3-11,14-15H,12-13H2,1-2H3,(H,28,30)/t14-,15+. The van der Waals surface area contributed by atoms with E-state index in [9.17, 15) is 18.0 Å². The summed E-state index contributed by atoms with van der Waals surface area (Å²) in [6, 6.07) is 12.6. The van der Waals surface area contributed by atoms with Crippen LogP contribution in [-0.4, -0.2) is 42.6 Å². The monoisotopic (exact) mass is 477 g/mol. The first kappa shape index (κ1) is 23.1. The molecule has 0 unspecified atom stereocenters. The molecule has 3 heterocycles. The summed E-state index contributed by atoms with van der Waals surface area (Å²) in [7, 11) is 0. The molecule has 1 N–H and O–H groups in total. The van der Waals surface area contributed by atoms with Crippen molar-refractivity contribution in [3.05, 3.63) is 59.6 Å². The van der Waals surface area contributed by atoms with Gasteiger partial charge in [0.2, 0.25) is 0 Å². The zero-order valence-electron chi connectivity index (χ0n) is 17.9. The summed E-state index contributed by atoms with van der Waals surface area (Å²) in [6.45, 7) is 5.56. The van der Waals surface area contributed by atoms with Gasteiger partial charge in [0.15, 0.2) is 0 Å². The molecule has 174 valence electrons. The fourth-order valence-corrected chi connectivity index (χ4v) is 4.55. The molecule has 10 heteroatoms. The van der Waals surface area contributed by atoms with Crippen molar-refractivity contribution >= 4 is 28.7 Å². The molecule has 1 amide bonds. The molecule has 1 saturated heterocycles. The number of hydrogen-bond acceptors (Lipinski definition) is 6. The fraction of sp³-hybridized carbons (Fsp3) is 0.304. The lowest BCUT2D eigenvalue weighted by atomic mass is 10.2. The number of amides is 1. The molecule has 1 aromatic carbocycles. The van der Waals surface area contributed by atoms with E-state index in [4.69, 9.17) is 4.74 Å². The number of halogens is 3. The van der Waals surface area contributed by atoms with Crippen LogP contribution in [0.1, 0.15) is 23.5 Å². The Labute approximate surface area is 193 Å². The minimum atomic E-state index is -4.73. The number of carbonyl (C=O) groups is 1. The van der Waals surface area contributed by atoms with Crippen molar-refractivity contribution in [1.29, 1.82) is 0 Å². The van der Waals surface area contributed by atoms with Crippen LogP contribution in [0.5, 0.6) is 5.75 Å². The van der Waals surface area contributed by atoms with Gasteiger partial charge < -0.3 is 19.7 Å². The van der Waals surface area contributed by atoms with Gasteiger partial charge in [-0.15, -0.1) is 24.5 Å². The fourth-order valence-electron chi connectivity index (χ4n) is 3.64. The van der Waals surface area contributed by atoms with Gasteiger partial charge in [0.05, 0.1) is 29.0 Å². The van der Waals surface area contributed by atoms with Crippen LogP contribution in [0.4, 0.5) is 24.7 Å². The van der Waals surface area contributed by atoms with Gasteiger partial charge in [0, 0.05) is 18.0 Å². The number of hydrogen-bond donors (Lipinski definition) is 1. The molecule has 0 radical (unpaired) electrons. The van der Waals surface area contributed by atoms with E-state index in [0.717, 1.165) is 23.8 Å². The molecule has 1 aliphatic rings. The highest BCUT2D eigenvalue weighted by molar-refractivity contribution is 7.17. The molecule has 4 rings (SSSR count). The van der Waals surface area contributed by atoms with E-state index < -0.39 is 6.36 Å². The lowest BCUT2D eigenvalue weighted by molar-refractivity contribution is -0.274. The quantitative estimate of drug-likeness (QED) is 0.520. The second-order valence-electron chi connectivity index (χ2n) is 7.76. The minimum Gasteiger partial charge on any atom is -0.406 e. The van der Waals surface area contributed by atoms with Crippen LogP contribution in [0.25, 0.3) is 10.4 Å². The Kier molecular flexibility index (Phi) is 6.57. The highest BCUT2D eigenvalue weighted by atomic mass is 32.1. The van der Waals surface area contributed by atoms with Crippen LogP contribution in [0.3, 0.4) is 0 Å². The Morgan fingerprint density at radius 2 is 1.79 bits per heavy atom. The zero-order chi connectivity index (χ0) is 23.6. The molecule has 3 aromatic rings. The Balaban J connectivity index is 1.38. The largest absolute Gasteiger partial charge is 0.573 e. The summed E-state index contributed by atoms with van der Waals surface area (Å²) in [6.07, 6.45) is -2.87. The third-order valence-electron chi connectivity index (χ3n) is 4.95. The van der Waals surface area contributed by atoms with Crippen molar-refractivity contribution in [2.45, 2.75) is 32.4 Å². The number of nitrogens with one attached hydrogen (secondary N) is 1. The maximum atomic E-state index is 12.6. The third kappa shape index (κ3) is 6.02. The van der Waals surface area contributed by atoms with Crippen LogP contribution in [0.2, 0.25) is 0 Å². The first-order valence-electron chi connectivity index (χ1n) is 10.3. The van der Waals surface area contributed by atoms with Crippen molar-refractivity contribution in [3.63, 3.8) is 0 Å². The topological polar surface area (TPSA) is 63.7 Å². The number of aromatic nitrogens is 1. The molecule has 0 aliphatic carbocycles. The minimum absolute atomic E-state index is 0.122. The van der Waals surface area contributed by atoms with E-state index in [1.807, 2.05) is 19.9 Å². The molecule has 0 saturated carbocycles. The SMILES string of the molecule is C[C@@H]1CN(c2ccc(NC(=O)c3ccc(-c4ccc(OC(F)(F)F)cc4)s3)cn2)C[C@H](C)O1. The zero-order valence-corrected chi connectivity index (χ0v) is 18.7. The van der Waals surface area contributed by atoms with Crippen molar-refractivity contribution in [3.8, 4) is 16.2 Å². The maximum absolute atomic E-state index is 12.6. The van der Waals surface area contributed by atoms with Gasteiger partial charge in [-0.3, -0.25) is 4.79 Å². The Morgan fingerprint density at radius 3 is 2.39 bits per heavy atom. The molecule has 6 nitrogen and oxygen atoms in total. The van der Waals surface area contributed by atoms with Crippen LogP contribution >= 0.6 is 11.3 Å². The number of nitrogens with zero attached hydrogens (tertiary/aromatic N) is 2. The Morgan fingerprint density at radius 1 is 1.09 bits per heavy atom. The van der Waals surface area contributed by atoms with Gasteiger partial charge in [0.25, 0.3) is 5.91 Å². The summed E-state index contributed by atoms with van der Waals surface area (Å²) in [5.74, 6) is 0.246. The first-order chi connectivity index (χ1) is 15.7. The number of alkyl halides is 3. The van der Waals surface area contributed by atoms with Gasteiger partial charge in [-0.05, 0) is 67.9 Å². The Hall–Kier alpha value is -3.11. The predicted molar refractivity (Wildman–Crippen MR) is 121 cm³/mol. The van der Waals surface area contributed by atoms with E-state index >= 15 is 0 Å². The number of ether oxygens (including phenoxy) is 2. The lowest BCUT2D eigenvalue weighted by Gasteiger charge is -2.36. The summed E-state index contributed by atoms with van der Waals surface area (Å²) >= 11 is 1.24. The average molecular weight is 478 g/mol. The van der Waals surface area contributed by atoms with Crippen LogP contribution in [0, 0.1) is 0 Å². The van der Waals surface area contributed by atoms with E-state index in [2.05, 4.69) is 19.9 Å². The summed E-state index contributed by atoms with van der Waals surface area (Å²) in [4.78, 5) is 20.5. The molecule has 0 bridgehead atoms. The van der Waals surface area contributed by atoms with Crippen molar-refractivity contribution < 1.29 is 27.4 Å². The van der Waals surface area contributed by atoms with Gasteiger partial charge in [-0.2, -0.15) is 0 Å². The van der Waals surface area contributed by atoms with Crippen molar-refractivity contribution in [2.24, 2.45) is 0 Å². The number of pyridine rings is 1. The maximum Gasteiger partial charge on any atom is 0.573 e. The van der Waals surface area contributed by atoms with Gasteiger partial charge in [-0.1, -0.05) is 0 Å². The molecule has 33 heavy (non-hydrogen) atoms. The molecular formula is C23H22F3N3O3S. The summed E-state index contributed by atoms with van der Waals surface area (Å²) in [5, 5.41) is 2.83. The third-order valence-corrected chi connectivity index (χ3v) is 6.08. The van der Waals surface area contributed by atoms with Crippen LogP contribution in [0.15, 0.2) is 54.7 Å². The smallest absolute Gasteiger partial charge is 0.406 e. The predicted octanol–water partition coefficient (Wildman–Crippen LogP) is 5.57. The van der Waals surface area contributed by atoms with Gasteiger partial charge >= 0.3 is 6.36 Å². The molecular weight excluding hydrogens is 455 g/mol. The average Bonchev–Trinajstić information content (AvgIpc) is 3.23. The number of thiophene rings is 1. The number of carbonyl (C=O) groups excluding carboxylic acids is 1. The van der Waals surface area contributed by atoms with Crippen molar-refractivity contribution in [1.82, 2.24) is 4.98 Å². The molecule has 2 atom stereocenters. The molecule has 2 aromatic heterocycles. The molecule has 1 fully saturated rings. The molecule has 1 aliphatic heterocycles. The van der Waals surface area contributed by atoms with Crippen molar-refractivity contribution in [2.75, 3.05) is 23.3 Å². The number of rotatable bonds is 5. The lowest BCUT2D eigenvalue weighted by Crippen LogP contribution is -2.45. The highest BCUT2D eigenvalue weighted by Crippen LogP contribution is 2.31. The van der Waals surface area contributed by atoms with Crippen LogP contribution < -0.4 is 15.0 Å². The number of morpholine rings is 1. The number of benzene rings is 1. The van der Waals surface area contributed by atoms with E-state index in [0.29, 0.717) is 16.1 Å². The highest BCUT2D eigenvalue weighted by Gasteiger charge is 2.31. The van der Waals surface area contributed by atoms with E-state index in [1.54, 1.807) is 24.4 Å². The first-order valence-corrected chi connectivity index (χ1v) is 11.1. The normalized spacial score (nSPS) is 18.8. The second kappa shape index (κ2) is 9.40. The summed E-state index contributed by atoms with van der Waals surface area (Å²) in [5.41, 5.74) is 1.26. The van der Waals surface area contributed by atoms with Gasteiger partial charge in [0.1, 0.15) is 11.6 Å². The summed E-state index contributed by atoms with van der Waals surface area (Å²) < 4.78 is 46.6.